The van der Waals surface area contributed by atoms with E-state index >= 15 is 0 Å². The van der Waals surface area contributed by atoms with Gasteiger partial charge in [0, 0.05) is 18.2 Å². The molecule has 7 nitrogen and oxygen atoms in total. The number of carbonyl (C=O) groups is 2. The molecule has 1 aliphatic carbocycles. The van der Waals surface area contributed by atoms with Crippen molar-refractivity contribution in [3.8, 4) is 5.75 Å². The molecule has 154 valence electrons. The molecule has 1 aromatic heterocycles. The molecular formula is C18H16F4N4O3. The summed E-state index contributed by atoms with van der Waals surface area (Å²) < 4.78 is 53.8. The Labute approximate surface area is 162 Å². The van der Waals surface area contributed by atoms with Gasteiger partial charge in [-0.05, 0) is 43.5 Å². The van der Waals surface area contributed by atoms with E-state index in [9.17, 15) is 27.2 Å². The van der Waals surface area contributed by atoms with Crippen molar-refractivity contribution in [1.29, 1.82) is 0 Å². The summed E-state index contributed by atoms with van der Waals surface area (Å²) in [6.45, 7) is 1.47. The predicted octanol–water partition coefficient (Wildman–Crippen LogP) is 3.10. The van der Waals surface area contributed by atoms with Crippen molar-refractivity contribution < 1.29 is 31.9 Å². The first kappa shape index (κ1) is 20.5. The zero-order chi connectivity index (χ0) is 21.2. The number of alkyl halides is 3. The maximum Gasteiger partial charge on any atom is 0.573 e. The van der Waals surface area contributed by atoms with Gasteiger partial charge in [-0.15, -0.1) is 13.2 Å². The van der Waals surface area contributed by atoms with Crippen molar-refractivity contribution in [3.05, 3.63) is 47.0 Å². The molecule has 3 rings (SSSR count). The highest BCUT2D eigenvalue weighted by molar-refractivity contribution is 5.95. The third-order valence-electron chi connectivity index (χ3n) is 3.95. The van der Waals surface area contributed by atoms with E-state index in [2.05, 4.69) is 25.3 Å². The Bertz CT molecular complexity index is 945. The number of nitrogens with one attached hydrogen (secondary N) is 2. The van der Waals surface area contributed by atoms with Gasteiger partial charge in [0.2, 0.25) is 11.9 Å². The zero-order valence-electron chi connectivity index (χ0n) is 15.1. The lowest BCUT2D eigenvalue weighted by Crippen LogP contribution is -2.25. The molecule has 1 aromatic carbocycles. The standard InChI is InChI=1S/C18H16F4N4O3/c1-9-6-13(25-17(24-9)26-15(27)11-3-4-11)16(28)23-8-10-2-5-14(12(19)7-10)29-18(20,21)22/h2,5-7,11H,3-4,8H2,1H3,(H,23,28)(H,24,25,26,27). The summed E-state index contributed by atoms with van der Waals surface area (Å²) in [5.74, 6) is -3.05. The normalized spacial score (nSPS) is 13.7. The number of hydrogen-bond acceptors (Lipinski definition) is 5. The zero-order valence-corrected chi connectivity index (χ0v) is 15.1. The highest BCUT2D eigenvalue weighted by atomic mass is 19.4. The topological polar surface area (TPSA) is 93.2 Å². The van der Waals surface area contributed by atoms with Crippen LogP contribution in [0.5, 0.6) is 5.75 Å². The van der Waals surface area contributed by atoms with Crippen LogP contribution in [0, 0.1) is 18.7 Å². The van der Waals surface area contributed by atoms with Crippen LogP contribution < -0.4 is 15.4 Å². The monoisotopic (exact) mass is 412 g/mol. The average molecular weight is 412 g/mol. The van der Waals surface area contributed by atoms with Gasteiger partial charge in [0.1, 0.15) is 5.69 Å². The molecule has 29 heavy (non-hydrogen) atoms. The first-order valence-electron chi connectivity index (χ1n) is 8.59. The SMILES string of the molecule is Cc1cc(C(=O)NCc2ccc(OC(F)(F)F)c(F)c2)nc(NC(=O)C2CC2)n1. The molecular weight excluding hydrogens is 396 g/mol. The summed E-state index contributed by atoms with van der Waals surface area (Å²) in [6, 6.07) is 4.25. The molecule has 1 fully saturated rings. The Morgan fingerprint density at radius 1 is 1.21 bits per heavy atom. The third-order valence-corrected chi connectivity index (χ3v) is 3.95. The van der Waals surface area contributed by atoms with Crippen molar-refractivity contribution in [2.24, 2.45) is 5.92 Å². The van der Waals surface area contributed by atoms with Crippen LogP contribution in [-0.2, 0) is 11.3 Å². The number of rotatable bonds is 6. The highest BCUT2D eigenvalue weighted by Crippen LogP contribution is 2.30. The molecule has 0 radical (unpaired) electrons. The molecule has 0 unspecified atom stereocenters. The van der Waals surface area contributed by atoms with Crippen molar-refractivity contribution >= 4 is 17.8 Å². The van der Waals surface area contributed by atoms with Crippen LogP contribution in [0.1, 0.15) is 34.6 Å². The Kier molecular flexibility index (Phi) is 5.66. The second-order valence-electron chi connectivity index (χ2n) is 6.48. The summed E-state index contributed by atoms with van der Waals surface area (Å²) in [5.41, 5.74) is 0.662. The van der Waals surface area contributed by atoms with Crippen LogP contribution in [-0.4, -0.2) is 28.1 Å². The minimum Gasteiger partial charge on any atom is -0.403 e. The average Bonchev–Trinajstić information content (AvgIpc) is 3.45. The third kappa shape index (κ3) is 5.87. The number of hydrogen-bond donors (Lipinski definition) is 2. The molecule has 0 bridgehead atoms. The lowest BCUT2D eigenvalue weighted by atomic mass is 10.2. The number of carbonyl (C=O) groups excluding carboxylic acids is 2. The number of nitrogens with zero attached hydrogens (tertiary/aromatic N) is 2. The van der Waals surface area contributed by atoms with Gasteiger partial charge in [0.15, 0.2) is 11.6 Å². The first-order valence-corrected chi connectivity index (χ1v) is 8.59. The van der Waals surface area contributed by atoms with E-state index < -0.39 is 23.8 Å². The number of anilines is 1. The molecule has 0 aliphatic heterocycles. The lowest BCUT2D eigenvalue weighted by molar-refractivity contribution is -0.275. The Balaban J connectivity index is 1.63. The maximum atomic E-state index is 13.7. The van der Waals surface area contributed by atoms with Gasteiger partial charge in [0.25, 0.3) is 5.91 Å². The molecule has 1 heterocycles. The van der Waals surface area contributed by atoms with E-state index in [0.717, 1.165) is 25.0 Å². The fourth-order valence-corrected chi connectivity index (χ4v) is 2.43. The molecule has 1 saturated carbocycles. The van der Waals surface area contributed by atoms with Crippen LogP contribution in [0.25, 0.3) is 0 Å². The number of benzene rings is 1. The largest absolute Gasteiger partial charge is 0.573 e. The lowest BCUT2D eigenvalue weighted by Gasteiger charge is -2.11. The van der Waals surface area contributed by atoms with Crippen LogP contribution in [0.3, 0.4) is 0 Å². The molecule has 2 amide bonds. The Hall–Kier alpha value is -3.24. The summed E-state index contributed by atoms with van der Waals surface area (Å²) >= 11 is 0. The van der Waals surface area contributed by atoms with Gasteiger partial charge < -0.3 is 10.1 Å². The van der Waals surface area contributed by atoms with E-state index in [1.54, 1.807) is 6.92 Å². The van der Waals surface area contributed by atoms with E-state index in [1.165, 1.54) is 12.1 Å². The maximum absolute atomic E-state index is 13.7. The molecule has 0 atom stereocenters. The van der Waals surface area contributed by atoms with E-state index in [-0.39, 0.29) is 35.6 Å². The molecule has 2 aromatic rings. The molecule has 11 heteroatoms. The van der Waals surface area contributed by atoms with Gasteiger partial charge in [-0.1, -0.05) is 6.07 Å². The molecule has 0 saturated heterocycles. The van der Waals surface area contributed by atoms with Crippen LogP contribution in [0.2, 0.25) is 0 Å². The molecule has 1 aliphatic rings. The summed E-state index contributed by atoms with van der Waals surface area (Å²) in [6.07, 6.45) is -3.41. The minimum absolute atomic E-state index is 0.00625. The Morgan fingerprint density at radius 3 is 2.55 bits per heavy atom. The van der Waals surface area contributed by atoms with Crippen LogP contribution in [0.4, 0.5) is 23.5 Å². The number of amides is 2. The number of ether oxygens (including phenoxy) is 1. The number of halogens is 4. The predicted molar refractivity (Wildman–Crippen MR) is 92.4 cm³/mol. The Morgan fingerprint density at radius 2 is 1.93 bits per heavy atom. The summed E-state index contributed by atoms with van der Waals surface area (Å²) in [7, 11) is 0. The quantitative estimate of drug-likeness (QED) is 0.712. The highest BCUT2D eigenvalue weighted by Gasteiger charge is 2.32. The fourth-order valence-electron chi connectivity index (χ4n) is 2.43. The molecule has 2 N–H and O–H groups in total. The second kappa shape index (κ2) is 8.02. The minimum atomic E-state index is -5.01. The van der Waals surface area contributed by atoms with Crippen LogP contribution >= 0.6 is 0 Å². The number of aryl methyl sites for hydroxylation is 1. The first-order chi connectivity index (χ1) is 13.6. The van der Waals surface area contributed by atoms with E-state index in [0.29, 0.717) is 5.69 Å². The van der Waals surface area contributed by atoms with E-state index in [4.69, 9.17) is 0 Å². The smallest absolute Gasteiger partial charge is 0.403 e. The van der Waals surface area contributed by atoms with Crippen molar-refractivity contribution in [3.63, 3.8) is 0 Å². The number of aromatic nitrogens is 2. The van der Waals surface area contributed by atoms with Crippen LogP contribution in [0.15, 0.2) is 24.3 Å². The molecule has 0 spiro atoms. The van der Waals surface area contributed by atoms with Crippen molar-refractivity contribution in [2.45, 2.75) is 32.7 Å². The summed E-state index contributed by atoms with van der Waals surface area (Å²) in [5, 5.41) is 5.03. The van der Waals surface area contributed by atoms with Crippen molar-refractivity contribution in [1.82, 2.24) is 15.3 Å². The summed E-state index contributed by atoms with van der Waals surface area (Å²) in [4.78, 5) is 32.2. The van der Waals surface area contributed by atoms with Gasteiger partial charge in [-0.3, -0.25) is 14.9 Å². The van der Waals surface area contributed by atoms with Gasteiger partial charge >= 0.3 is 6.36 Å². The fraction of sp³-hybridized carbons (Fsp3) is 0.333. The second-order valence-corrected chi connectivity index (χ2v) is 6.48. The van der Waals surface area contributed by atoms with Gasteiger partial charge in [0.05, 0.1) is 0 Å². The van der Waals surface area contributed by atoms with Gasteiger partial charge in [-0.2, -0.15) is 0 Å². The van der Waals surface area contributed by atoms with Crippen molar-refractivity contribution in [2.75, 3.05) is 5.32 Å². The van der Waals surface area contributed by atoms with E-state index in [1.807, 2.05) is 0 Å². The van der Waals surface area contributed by atoms with Gasteiger partial charge in [-0.25, -0.2) is 14.4 Å².